The van der Waals surface area contributed by atoms with Gasteiger partial charge in [-0.15, -0.1) is 0 Å². The summed E-state index contributed by atoms with van der Waals surface area (Å²) in [6.45, 7) is 8.95. The van der Waals surface area contributed by atoms with E-state index in [1.54, 1.807) is 6.08 Å². The predicted molar refractivity (Wildman–Crippen MR) is 141 cm³/mol. The van der Waals surface area contributed by atoms with Crippen molar-refractivity contribution in [3.63, 3.8) is 0 Å². The number of hydrogen-bond acceptors (Lipinski definition) is 7. The second-order valence-electron chi connectivity index (χ2n) is 11.0. The Bertz CT molecular complexity index is 919. The molecular weight excluding hydrogens is 472 g/mol. The SMILES string of the molecule is C=C1C[C@@H](C)C[C@@H]2CC=C[C@@H](C/C=C\C(=O)O[C@@H]3C[C@@H](O[C@H]3/C=C/[C@@H]3CC(C)=CCO3)[C@@H](O)[C@@H](O)C1)O2. The van der Waals surface area contributed by atoms with Crippen LogP contribution in [0.15, 0.2) is 60.3 Å². The van der Waals surface area contributed by atoms with Gasteiger partial charge < -0.3 is 29.2 Å². The fraction of sp³-hybridized carbons (Fsp3) is 0.633. The van der Waals surface area contributed by atoms with Crippen molar-refractivity contribution in [2.75, 3.05) is 6.61 Å². The van der Waals surface area contributed by atoms with Gasteiger partial charge in [-0.25, -0.2) is 4.79 Å². The maximum atomic E-state index is 12.7. The van der Waals surface area contributed by atoms with Crippen LogP contribution in [0.3, 0.4) is 0 Å². The normalized spacial score (nSPS) is 41.1. The Morgan fingerprint density at radius 1 is 1.03 bits per heavy atom. The number of carbonyl (C=O) groups is 1. The highest BCUT2D eigenvalue weighted by molar-refractivity contribution is 5.82. The Balaban J connectivity index is 1.49. The number of aliphatic hydroxyl groups is 2. The molecule has 204 valence electrons. The molecule has 0 radical (unpaired) electrons. The van der Waals surface area contributed by atoms with Crippen LogP contribution in [-0.4, -0.2) is 71.6 Å². The van der Waals surface area contributed by atoms with Gasteiger partial charge in [-0.2, -0.15) is 0 Å². The van der Waals surface area contributed by atoms with Crippen LogP contribution in [0.5, 0.6) is 0 Å². The number of carbonyl (C=O) groups excluding carboxylic acids is 1. The van der Waals surface area contributed by atoms with Crippen LogP contribution in [0.2, 0.25) is 0 Å². The van der Waals surface area contributed by atoms with Crippen molar-refractivity contribution in [1.82, 2.24) is 0 Å². The molecular formula is C30H42O7. The zero-order valence-corrected chi connectivity index (χ0v) is 22.0. The molecule has 0 saturated carbocycles. The molecule has 2 N–H and O–H groups in total. The van der Waals surface area contributed by atoms with E-state index in [9.17, 15) is 15.0 Å². The van der Waals surface area contributed by atoms with Gasteiger partial charge in [-0.05, 0) is 51.4 Å². The van der Waals surface area contributed by atoms with Gasteiger partial charge in [0.2, 0.25) is 0 Å². The molecule has 0 aromatic carbocycles. The Kier molecular flexibility index (Phi) is 9.96. The lowest BCUT2D eigenvalue weighted by Crippen LogP contribution is -2.37. The van der Waals surface area contributed by atoms with E-state index < -0.39 is 36.5 Å². The highest BCUT2D eigenvalue weighted by atomic mass is 16.6. The Hall–Kier alpha value is -2.03. The van der Waals surface area contributed by atoms with Crippen molar-refractivity contribution in [3.8, 4) is 0 Å². The van der Waals surface area contributed by atoms with Crippen molar-refractivity contribution in [3.05, 3.63) is 60.3 Å². The summed E-state index contributed by atoms with van der Waals surface area (Å²) in [7, 11) is 0. The summed E-state index contributed by atoms with van der Waals surface area (Å²) in [5, 5.41) is 21.7. The maximum absolute atomic E-state index is 12.7. The molecule has 4 aliphatic heterocycles. The summed E-state index contributed by atoms with van der Waals surface area (Å²) in [6, 6.07) is 0. The molecule has 0 aliphatic carbocycles. The predicted octanol–water partition coefficient (Wildman–Crippen LogP) is 4.11. The standard InChI is InChI=1S/C30H42O7/c1-19-12-13-34-23(15-19)10-11-26-27-18-28(36-26)30(33)25(31)17-21(3)14-20(2)16-24-8-4-6-22(35-24)7-5-9-29(32)37-27/h4-6,9-12,20,22-28,30-31,33H,3,7-8,13-18H2,1-2H3/b9-5-,11-10+/t20-,22+,23-,24+,25+,26+,27-,28-,30+/m1/s1. The Morgan fingerprint density at radius 3 is 2.68 bits per heavy atom. The average molecular weight is 515 g/mol. The molecule has 4 aliphatic rings. The molecule has 4 bridgehead atoms. The number of esters is 1. The second kappa shape index (κ2) is 13.2. The molecule has 7 nitrogen and oxygen atoms in total. The summed E-state index contributed by atoms with van der Waals surface area (Å²) in [5.74, 6) is -0.129. The molecule has 0 amide bonds. The van der Waals surface area contributed by atoms with Crippen LogP contribution in [-0.2, 0) is 23.7 Å². The van der Waals surface area contributed by atoms with Crippen LogP contribution < -0.4 is 0 Å². The quantitative estimate of drug-likeness (QED) is 0.423. The van der Waals surface area contributed by atoms with Gasteiger partial charge in [0, 0.05) is 12.5 Å². The van der Waals surface area contributed by atoms with Crippen molar-refractivity contribution in [2.45, 2.75) is 108 Å². The summed E-state index contributed by atoms with van der Waals surface area (Å²) in [6.07, 6.45) is 13.7. The fourth-order valence-electron chi connectivity index (χ4n) is 5.62. The molecule has 1 saturated heterocycles. The van der Waals surface area contributed by atoms with Gasteiger partial charge in [0.05, 0.1) is 37.1 Å². The number of fused-ring (bicyclic) bond motifs is 4. The first kappa shape index (κ1) is 28.0. The molecule has 4 rings (SSSR count). The van der Waals surface area contributed by atoms with Gasteiger partial charge >= 0.3 is 5.97 Å². The molecule has 7 heteroatoms. The molecule has 1 fully saturated rings. The van der Waals surface area contributed by atoms with E-state index in [1.807, 2.05) is 18.2 Å². The Labute approximate surface area is 220 Å². The van der Waals surface area contributed by atoms with Crippen LogP contribution >= 0.6 is 0 Å². The van der Waals surface area contributed by atoms with E-state index in [2.05, 4.69) is 32.6 Å². The van der Waals surface area contributed by atoms with Crippen molar-refractivity contribution in [2.24, 2.45) is 5.92 Å². The first-order valence-electron chi connectivity index (χ1n) is 13.6. The molecule has 0 unspecified atom stereocenters. The van der Waals surface area contributed by atoms with Crippen molar-refractivity contribution < 1.29 is 34.0 Å². The van der Waals surface area contributed by atoms with Gasteiger partial charge in [0.25, 0.3) is 0 Å². The van der Waals surface area contributed by atoms with Crippen LogP contribution in [0.25, 0.3) is 0 Å². The highest BCUT2D eigenvalue weighted by Gasteiger charge is 2.42. The van der Waals surface area contributed by atoms with E-state index in [0.29, 0.717) is 18.9 Å². The third kappa shape index (κ3) is 8.23. The molecule has 0 spiro atoms. The summed E-state index contributed by atoms with van der Waals surface area (Å²) in [5.41, 5.74) is 2.15. The average Bonchev–Trinajstić information content (AvgIpc) is 3.24. The summed E-state index contributed by atoms with van der Waals surface area (Å²) >= 11 is 0. The van der Waals surface area contributed by atoms with Gasteiger partial charge in [-0.3, -0.25) is 0 Å². The fourth-order valence-corrected chi connectivity index (χ4v) is 5.62. The van der Waals surface area contributed by atoms with Gasteiger partial charge in [0.15, 0.2) is 0 Å². The number of aliphatic hydroxyl groups excluding tert-OH is 2. The largest absolute Gasteiger partial charge is 0.456 e. The topological polar surface area (TPSA) is 94.5 Å². The van der Waals surface area contributed by atoms with E-state index in [1.165, 1.54) is 11.6 Å². The smallest absolute Gasteiger partial charge is 0.330 e. The van der Waals surface area contributed by atoms with E-state index in [-0.39, 0.29) is 31.2 Å². The lowest BCUT2D eigenvalue weighted by molar-refractivity contribution is -0.144. The van der Waals surface area contributed by atoms with Crippen molar-refractivity contribution >= 4 is 5.97 Å². The molecule has 9 atom stereocenters. The van der Waals surface area contributed by atoms with Gasteiger partial charge in [-0.1, -0.05) is 61.1 Å². The monoisotopic (exact) mass is 514 g/mol. The lowest BCUT2D eigenvalue weighted by atomic mass is 9.90. The minimum atomic E-state index is -1.12. The number of rotatable bonds is 2. The molecule has 0 aromatic rings. The van der Waals surface area contributed by atoms with Crippen LogP contribution in [0.1, 0.15) is 58.8 Å². The van der Waals surface area contributed by atoms with Gasteiger partial charge in [0.1, 0.15) is 18.3 Å². The summed E-state index contributed by atoms with van der Waals surface area (Å²) < 4.78 is 23.9. The zero-order valence-electron chi connectivity index (χ0n) is 22.0. The van der Waals surface area contributed by atoms with E-state index in [4.69, 9.17) is 18.9 Å². The minimum absolute atomic E-state index is 0.0723. The number of ether oxygens (including phenoxy) is 4. The molecule has 37 heavy (non-hydrogen) atoms. The number of hydrogen-bond donors (Lipinski definition) is 2. The third-order valence-corrected chi connectivity index (χ3v) is 7.53. The Morgan fingerprint density at radius 2 is 1.86 bits per heavy atom. The third-order valence-electron chi connectivity index (χ3n) is 7.53. The first-order valence-corrected chi connectivity index (χ1v) is 13.6. The second-order valence-corrected chi connectivity index (χ2v) is 11.0. The first-order chi connectivity index (χ1) is 17.8. The highest BCUT2D eigenvalue weighted by Crippen LogP contribution is 2.31. The summed E-state index contributed by atoms with van der Waals surface area (Å²) in [4.78, 5) is 12.7. The zero-order chi connectivity index (χ0) is 26.4. The van der Waals surface area contributed by atoms with Crippen LogP contribution in [0, 0.1) is 5.92 Å². The maximum Gasteiger partial charge on any atom is 0.330 e. The van der Waals surface area contributed by atoms with E-state index >= 15 is 0 Å². The minimum Gasteiger partial charge on any atom is -0.456 e. The van der Waals surface area contributed by atoms with E-state index in [0.717, 1.165) is 31.3 Å². The van der Waals surface area contributed by atoms with Crippen molar-refractivity contribution in [1.29, 1.82) is 0 Å². The molecule has 4 heterocycles. The van der Waals surface area contributed by atoms with Crippen LogP contribution in [0.4, 0.5) is 0 Å². The lowest BCUT2D eigenvalue weighted by Gasteiger charge is -2.28. The molecule has 0 aromatic heterocycles.